The minimum absolute atomic E-state index is 0.0817. The van der Waals surface area contributed by atoms with Gasteiger partial charge in [-0.05, 0) is 36.8 Å². The summed E-state index contributed by atoms with van der Waals surface area (Å²) in [4.78, 5) is 0.624. The number of rotatable bonds is 3. The van der Waals surface area contributed by atoms with Gasteiger partial charge >= 0.3 is 5.22 Å². The molecular formula is C16H12N4O2S. The molecule has 114 valence electrons. The minimum Gasteiger partial charge on any atom is -0.409 e. The second kappa shape index (κ2) is 5.44. The van der Waals surface area contributed by atoms with Crippen molar-refractivity contribution < 1.29 is 8.63 Å². The first kappa shape index (κ1) is 13.8. The maximum atomic E-state index is 12.4. The Bertz CT molecular complexity index is 1010. The summed E-state index contributed by atoms with van der Waals surface area (Å²) in [6.07, 6.45) is 3.53. The fraction of sp³-hybridized carbons (Fsp3) is 0.0625. The molecule has 7 heteroatoms. The van der Waals surface area contributed by atoms with Crippen molar-refractivity contribution in [3.63, 3.8) is 0 Å². The average molecular weight is 324 g/mol. The van der Waals surface area contributed by atoms with Gasteiger partial charge in [-0.15, -0.1) is 5.10 Å². The Hall–Kier alpha value is -2.80. The van der Waals surface area contributed by atoms with E-state index in [1.165, 1.54) is 0 Å². The van der Waals surface area contributed by atoms with Gasteiger partial charge in [-0.2, -0.15) is 5.10 Å². The monoisotopic (exact) mass is 324 g/mol. The van der Waals surface area contributed by atoms with Gasteiger partial charge in [0, 0.05) is 11.1 Å². The number of aryl methyl sites for hydroxylation is 1. The number of benzene rings is 1. The van der Waals surface area contributed by atoms with Gasteiger partial charge in [-0.1, -0.05) is 23.3 Å². The van der Waals surface area contributed by atoms with Crippen molar-refractivity contribution in [3.05, 3.63) is 60.4 Å². The molecule has 0 fully saturated rings. The molecule has 0 bridgehead atoms. The van der Waals surface area contributed by atoms with Crippen LogP contribution in [-0.2, 0) is 10.8 Å². The molecule has 0 spiro atoms. The minimum atomic E-state index is -1.49. The van der Waals surface area contributed by atoms with E-state index in [0.29, 0.717) is 10.8 Å². The number of fused-ring (bicyclic) bond motifs is 1. The highest BCUT2D eigenvalue weighted by atomic mass is 32.2. The number of nitrogens with zero attached hydrogens (tertiary/aromatic N) is 4. The summed E-state index contributed by atoms with van der Waals surface area (Å²) >= 11 is 0. The average Bonchev–Trinajstić information content (AvgIpc) is 3.21. The molecule has 1 unspecified atom stereocenters. The molecule has 0 amide bonds. The smallest absolute Gasteiger partial charge is 0.312 e. The number of hydrogen-bond acceptors (Lipinski definition) is 5. The van der Waals surface area contributed by atoms with Gasteiger partial charge in [0.15, 0.2) is 0 Å². The topological polar surface area (TPSA) is 73.3 Å². The molecule has 0 radical (unpaired) electrons. The van der Waals surface area contributed by atoms with Crippen molar-refractivity contribution in [2.45, 2.75) is 17.0 Å². The predicted molar refractivity (Wildman–Crippen MR) is 84.3 cm³/mol. The van der Waals surface area contributed by atoms with Crippen molar-refractivity contribution in [2.75, 3.05) is 0 Å². The maximum Gasteiger partial charge on any atom is 0.312 e. The molecule has 23 heavy (non-hydrogen) atoms. The van der Waals surface area contributed by atoms with Crippen molar-refractivity contribution >= 4 is 16.3 Å². The first-order chi connectivity index (χ1) is 11.2. The third kappa shape index (κ3) is 2.44. The van der Waals surface area contributed by atoms with Gasteiger partial charge in [0.1, 0.15) is 10.8 Å². The van der Waals surface area contributed by atoms with Crippen LogP contribution in [0.2, 0.25) is 0 Å². The number of hydrogen-bond donors (Lipinski definition) is 0. The summed E-state index contributed by atoms with van der Waals surface area (Å²) in [5.74, 6) is 0.310. The molecule has 3 heterocycles. The van der Waals surface area contributed by atoms with E-state index in [1.807, 2.05) is 43.5 Å². The Morgan fingerprint density at radius 1 is 1.13 bits per heavy atom. The van der Waals surface area contributed by atoms with Crippen molar-refractivity contribution in [1.29, 1.82) is 0 Å². The normalized spacial score (nSPS) is 12.6. The van der Waals surface area contributed by atoms with Gasteiger partial charge < -0.3 is 4.42 Å². The second-order valence-electron chi connectivity index (χ2n) is 5.05. The third-order valence-electron chi connectivity index (χ3n) is 3.43. The molecule has 0 saturated heterocycles. The zero-order valence-electron chi connectivity index (χ0n) is 12.2. The summed E-state index contributed by atoms with van der Waals surface area (Å²) in [5, 5.41) is 12.3. The Kier molecular flexibility index (Phi) is 3.27. The van der Waals surface area contributed by atoms with Gasteiger partial charge in [0.05, 0.1) is 17.3 Å². The molecule has 4 aromatic rings. The quantitative estimate of drug-likeness (QED) is 0.579. The molecule has 0 aliphatic carbocycles. The highest BCUT2D eigenvalue weighted by Gasteiger charge is 2.18. The maximum absolute atomic E-state index is 12.4. The Balaban J connectivity index is 1.75. The van der Waals surface area contributed by atoms with Crippen LogP contribution >= 0.6 is 0 Å². The van der Waals surface area contributed by atoms with Crippen LogP contribution in [0.1, 0.15) is 5.56 Å². The van der Waals surface area contributed by atoms with Crippen molar-refractivity contribution in [3.8, 4) is 11.5 Å². The lowest BCUT2D eigenvalue weighted by Crippen LogP contribution is -1.92. The van der Waals surface area contributed by atoms with Crippen LogP contribution in [-0.4, -0.2) is 24.0 Å². The molecule has 3 aromatic heterocycles. The van der Waals surface area contributed by atoms with E-state index in [2.05, 4.69) is 15.3 Å². The van der Waals surface area contributed by atoms with Crippen LogP contribution in [0.15, 0.2) is 69.4 Å². The first-order valence-corrected chi connectivity index (χ1v) is 8.12. The lowest BCUT2D eigenvalue weighted by molar-refractivity contribution is 0.456. The van der Waals surface area contributed by atoms with Crippen LogP contribution < -0.4 is 0 Å². The SMILES string of the molecule is Cc1ccn2ncc(-c3nnc(S(=O)c4ccccc4)o3)c2c1. The zero-order chi connectivity index (χ0) is 15.8. The van der Waals surface area contributed by atoms with E-state index in [1.54, 1.807) is 22.8 Å². The second-order valence-corrected chi connectivity index (χ2v) is 6.41. The molecule has 0 N–H and O–H groups in total. The molecular weight excluding hydrogens is 312 g/mol. The van der Waals surface area contributed by atoms with Gasteiger partial charge in [-0.3, -0.25) is 0 Å². The summed E-state index contributed by atoms with van der Waals surface area (Å²) in [7, 11) is -1.49. The predicted octanol–water partition coefficient (Wildman–Crippen LogP) is 2.86. The lowest BCUT2D eigenvalue weighted by Gasteiger charge is -1.97. The van der Waals surface area contributed by atoms with Crippen molar-refractivity contribution in [1.82, 2.24) is 19.8 Å². The van der Waals surface area contributed by atoms with E-state index >= 15 is 0 Å². The summed E-state index contributed by atoms with van der Waals surface area (Å²) in [5.41, 5.74) is 2.69. The highest BCUT2D eigenvalue weighted by molar-refractivity contribution is 7.84. The van der Waals surface area contributed by atoms with Gasteiger partial charge in [0.25, 0.3) is 5.89 Å². The number of pyridine rings is 1. The molecule has 1 aromatic carbocycles. The molecule has 0 aliphatic rings. The summed E-state index contributed by atoms with van der Waals surface area (Å²) in [6.45, 7) is 2.00. The van der Waals surface area contributed by atoms with Gasteiger partial charge in [-0.25, -0.2) is 8.72 Å². The van der Waals surface area contributed by atoms with E-state index in [9.17, 15) is 4.21 Å². The van der Waals surface area contributed by atoms with E-state index in [4.69, 9.17) is 4.42 Å². The van der Waals surface area contributed by atoms with Crippen LogP contribution in [0.3, 0.4) is 0 Å². The standard InChI is InChI=1S/C16H12N4O2S/c1-11-7-8-20-14(9-11)13(10-17-20)15-18-19-16(22-15)23(21)12-5-3-2-4-6-12/h2-10H,1H3. The molecule has 0 aliphatic heterocycles. The van der Waals surface area contributed by atoms with Crippen LogP contribution in [0.4, 0.5) is 0 Å². The lowest BCUT2D eigenvalue weighted by atomic mass is 10.2. The Labute approximate surface area is 134 Å². The fourth-order valence-electron chi connectivity index (χ4n) is 2.29. The third-order valence-corrected chi connectivity index (χ3v) is 4.61. The van der Waals surface area contributed by atoms with Crippen LogP contribution in [0, 0.1) is 6.92 Å². The van der Waals surface area contributed by atoms with E-state index < -0.39 is 10.8 Å². The Morgan fingerprint density at radius 2 is 1.96 bits per heavy atom. The molecule has 4 rings (SSSR count). The van der Waals surface area contributed by atoms with Crippen molar-refractivity contribution in [2.24, 2.45) is 0 Å². The summed E-state index contributed by atoms with van der Waals surface area (Å²) < 4.78 is 19.8. The van der Waals surface area contributed by atoms with E-state index in [0.717, 1.165) is 16.6 Å². The Morgan fingerprint density at radius 3 is 2.78 bits per heavy atom. The van der Waals surface area contributed by atoms with Crippen LogP contribution in [0.5, 0.6) is 0 Å². The molecule has 0 saturated carbocycles. The molecule has 6 nitrogen and oxygen atoms in total. The summed E-state index contributed by atoms with van der Waals surface area (Å²) in [6, 6.07) is 13.0. The van der Waals surface area contributed by atoms with Gasteiger partial charge in [0.2, 0.25) is 0 Å². The molecule has 1 atom stereocenters. The number of aromatic nitrogens is 4. The zero-order valence-corrected chi connectivity index (χ0v) is 13.0. The first-order valence-electron chi connectivity index (χ1n) is 6.97. The largest absolute Gasteiger partial charge is 0.409 e. The fourth-order valence-corrected chi connectivity index (χ4v) is 3.17. The van der Waals surface area contributed by atoms with E-state index in [-0.39, 0.29) is 5.22 Å². The highest BCUT2D eigenvalue weighted by Crippen LogP contribution is 2.25. The van der Waals surface area contributed by atoms with Crippen LogP contribution in [0.25, 0.3) is 17.0 Å².